The number of likely N-dealkylation sites (N-methyl/N-ethyl adjacent to an activating group) is 1. The first-order chi connectivity index (χ1) is 12.4. The Morgan fingerprint density at radius 2 is 2.00 bits per heavy atom. The molecule has 1 unspecified atom stereocenters. The minimum atomic E-state index is -3.60. The molecule has 0 spiro atoms. The summed E-state index contributed by atoms with van der Waals surface area (Å²) in [6, 6.07) is 6.22. The molecule has 26 heavy (non-hydrogen) atoms. The SMILES string of the molecule is CCCCC(N=C1NS(=O)(=O)c2ccccc21)C(=O)NC[C@@H](C)NCC. The number of hydrogen-bond donors (Lipinski definition) is 3. The van der Waals surface area contributed by atoms with Gasteiger partial charge in [0.2, 0.25) is 5.91 Å². The number of hydrogen-bond acceptors (Lipinski definition) is 5. The van der Waals surface area contributed by atoms with Crippen LogP contribution in [0.1, 0.15) is 45.6 Å². The van der Waals surface area contributed by atoms with Crippen molar-refractivity contribution >= 4 is 21.8 Å². The number of aliphatic imine (C=N–C) groups is 1. The van der Waals surface area contributed by atoms with Gasteiger partial charge in [-0.05, 0) is 32.0 Å². The standard InChI is InChI=1S/C18H28N4O3S/c1-4-6-10-15(18(23)20-12-13(3)19-5-2)21-17-14-9-7-8-11-16(14)26(24,25)22-17/h7-9,11,13,15,19H,4-6,10,12H2,1-3H3,(H,20,23)(H,21,22)/t13-,15?/m1/s1. The van der Waals surface area contributed by atoms with Crippen molar-refractivity contribution in [1.29, 1.82) is 0 Å². The van der Waals surface area contributed by atoms with Crippen LogP contribution in [0.2, 0.25) is 0 Å². The molecule has 3 N–H and O–H groups in total. The minimum Gasteiger partial charge on any atom is -0.353 e. The maximum absolute atomic E-state index is 12.6. The normalized spacial score (nSPS) is 18.8. The lowest BCUT2D eigenvalue weighted by atomic mass is 10.1. The molecular formula is C18H28N4O3S. The summed E-state index contributed by atoms with van der Waals surface area (Å²) in [4.78, 5) is 17.3. The minimum absolute atomic E-state index is 0.161. The quantitative estimate of drug-likeness (QED) is 0.603. The fourth-order valence-electron chi connectivity index (χ4n) is 2.83. The molecule has 7 nitrogen and oxygen atoms in total. The molecule has 1 aliphatic rings. The Hall–Kier alpha value is -1.93. The summed E-state index contributed by atoms with van der Waals surface area (Å²) in [7, 11) is -3.60. The maximum Gasteiger partial charge on any atom is 0.263 e. The monoisotopic (exact) mass is 380 g/mol. The van der Waals surface area contributed by atoms with Crippen molar-refractivity contribution in [3.8, 4) is 0 Å². The number of unbranched alkanes of at least 4 members (excludes halogenated alkanes) is 1. The van der Waals surface area contributed by atoms with E-state index in [4.69, 9.17) is 0 Å². The van der Waals surface area contributed by atoms with E-state index in [1.807, 2.05) is 20.8 Å². The number of nitrogens with zero attached hydrogens (tertiary/aromatic N) is 1. The summed E-state index contributed by atoms with van der Waals surface area (Å²) in [5.41, 5.74) is 0.516. The van der Waals surface area contributed by atoms with E-state index in [9.17, 15) is 13.2 Å². The van der Waals surface area contributed by atoms with Crippen molar-refractivity contribution in [2.45, 2.75) is 57.0 Å². The van der Waals surface area contributed by atoms with Gasteiger partial charge < -0.3 is 10.6 Å². The van der Waals surface area contributed by atoms with Crippen LogP contribution in [0.25, 0.3) is 0 Å². The lowest BCUT2D eigenvalue weighted by Gasteiger charge is -2.17. The zero-order valence-corrected chi connectivity index (χ0v) is 16.4. The summed E-state index contributed by atoms with van der Waals surface area (Å²) in [6.45, 7) is 7.39. The Labute approximate surface area is 155 Å². The van der Waals surface area contributed by atoms with E-state index in [1.165, 1.54) is 0 Å². The van der Waals surface area contributed by atoms with Crippen LogP contribution in [0.5, 0.6) is 0 Å². The maximum atomic E-state index is 12.6. The first-order valence-corrected chi connectivity index (χ1v) is 10.6. The zero-order valence-electron chi connectivity index (χ0n) is 15.6. The summed E-state index contributed by atoms with van der Waals surface area (Å²) in [5.74, 6) is 0.0656. The van der Waals surface area contributed by atoms with Gasteiger partial charge in [-0.25, -0.2) is 8.42 Å². The van der Waals surface area contributed by atoms with Crippen molar-refractivity contribution in [1.82, 2.24) is 15.4 Å². The highest BCUT2D eigenvalue weighted by atomic mass is 32.2. The second kappa shape index (κ2) is 9.14. The van der Waals surface area contributed by atoms with Crippen LogP contribution < -0.4 is 15.4 Å². The molecule has 0 radical (unpaired) electrons. The molecule has 144 valence electrons. The lowest BCUT2D eigenvalue weighted by Crippen LogP contribution is -2.43. The van der Waals surface area contributed by atoms with Crippen LogP contribution in [-0.4, -0.2) is 45.3 Å². The number of fused-ring (bicyclic) bond motifs is 1. The molecule has 0 aromatic heterocycles. The van der Waals surface area contributed by atoms with Crippen molar-refractivity contribution in [2.24, 2.45) is 4.99 Å². The molecule has 1 amide bonds. The zero-order chi connectivity index (χ0) is 19.2. The van der Waals surface area contributed by atoms with Crippen LogP contribution >= 0.6 is 0 Å². The van der Waals surface area contributed by atoms with Gasteiger partial charge in [-0.2, -0.15) is 0 Å². The molecule has 0 saturated carbocycles. The van der Waals surface area contributed by atoms with Crippen molar-refractivity contribution in [3.63, 3.8) is 0 Å². The summed E-state index contributed by atoms with van der Waals surface area (Å²) in [5, 5.41) is 6.15. The molecule has 2 rings (SSSR count). The van der Waals surface area contributed by atoms with Crippen LogP contribution in [0.3, 0.4) is 0 Å². The Morgan fingerprint density at radius 3 is 2.69 bits per heavy atom. The third kappa shape index (κ3) is 5.04. The van der Waals surface area contributed by atoms with Gasteiger partial charge in [0.25, 0.3) is 10.0 Å². The molecule has 1 aromatic carbocycles. The second-order valence-corrected chi connectivity index (χ2v) is 8.09. The second-order valence-electron chi connectivity index (χ2n) is 6.44. The van der Waals surface area contributed by atoms with Crippen molar-refractivity contribution in [3.05, 3.63) is 29.8 Å². The highest BCUT2D eigenvalue weighted by Gasteiger charge is 2.31. The molecule has 0 bridgehead atoms. The van der Waals surface area contributed by atoms with Gasteiger partial charge in [-0.1, -0.05) is 38.8 Å². The van der Waals surface area contributed by atoms with E-state index >= 15 is 0 Å². The van der Waals surface area contributed by atoms with Gasteiger partial charge in [-0.3, -0.25) is 14.5 Å². The van der Waals surface area contributed by atoms with Gasteiger partial charge >= 0.3 is 0 Å². The predicted octanol–water partition coefficient (Wildman–Crippen LogP) is 1.40. The number of carbonyl (C=O) groups is 1. The number of carbonyl (C=O) groups excluding carboxylic acids is 1. The topological polar surface area (TPSA) is 99.7 Å². The van der Waals surface area contributed by atoms with Crippen molar-refractivity contribution in [2.75, 3.05) is 13.1 Å². The van der Waals surface area contributed by atoms with E-state index < -0.39 is 16.1 Å². The Kier molecular flexibility index (Phi) is 7.16. The summed E-state index contributed by atoms with van der Waals surface area (Å²) in [6.07, 6.45) is 2.35. The number of nitrogens with one attached hydrogen (secondary N) is 3. The number of rotatable bonds is 9. The average Bonchev–Trinajstić information content (AvgIpc) is 2.87. The molecule has 0 saturated heterocycles. The molecule has 1 heterocycles. The number of amides is 1. The summed E-state index contributed by atoms with van der Waals surface area (Å²) < 4.78 is 26.9. The fraction of sp³-hybridized carbons (Fsp3) is 0.556. The van der Waals surface area contributed by atoms with E-state index in [0.717, 1.165) is 19.4 Å². The van der Waals surface area contributed by atoms with Gasteiger partial charge in [0.15, 0.2) is 0 Å². The molecular weight excluding hydrogens is 352 g/mol. The molecule has 8 heteroatoms. The van der Waals surface area contributed by atoms with Gasteiger partial charge in [0.1, 0.15) is 11.9 Å². The lowest BCUT2D eigenvalue weighted by molar-refractivity contribution is -0.122. The molecule has 0 fully saturated rings. The fourth-order valence-corrected chi connectivity index (χ4v) is 4.07. The van der Waals surface area contributed by atoms with Gasteiger partial charge in [-0.15, -0.1) is 0 Å². The number of benzene rings is 1. The highest BCUT2D eigenvalue weighted by Crippen LogP contribution is 2.23. The Balaban J connectivity index is 2.20. The molecule has 2 atom stereocenters. The molecule has 1 aromatic rings. The highest BCUT2D eigenvalue weighted by molar-refractivity contribution is 7.90. The van der Waals surface area contributed by atoms with Crippen LogP contribution in [0, 0.1) is 0 Å². The predicted molar refractivity (Wildman–Crippen MR) is 103 cm³/mol. The number of amidine groups is 1. The van der Waals surface area contributed by atoms with Gasteiger partial charge in [0, 0.05) is 18.2 Å². The average molecular weight is 381 g/mol. The molecule has 0 aliphatic carbocycles. The van der Waals surface area contributed by atoms with Crippen molar-refractivity contribution < 1.29 is 13.2 Å². The van der Waals surface area contributed by atoms with E-state index in [2.05, 4.69) is 20.3 Å². The smallest absolute Gasteiger partial charge is 0.263 e. The van der Waals surface area contributed by atoms with E-state index in [0.29, 0.717) is 18.5 Å². The van der Waals surface area contributed by atoms with E-state index in [-0.39, 0.29) is 22.7 Å². The first kappa shape index (κ1) is 20.4. The Morgan fingerprint density at radius 1 is 1.27 bits per heavy atom. The third-order valence-corrected chi connectivity index (χ3v) is 5.61. The number of sulfonamides is 1. The van der Waals surface area contributed by atoms with Crippen LogP contribution in [-0.2, 0) is 14.8 Å². The van der Waals surface area contributed by atoms with Crippen LogP contribution in [0.15, 0.2) is 34.2 Å². The first-order valence-electron chi connectivity index (χ1n) is 9.10. The third-order valence-electron chi connectivity index (χ3n) is 4.22. The van der Waals surface area contributed by atoms with E-state index in [1.54, 1.807) is 24.3 Å². The largest absolute Gasteiger partial charge is 0.353 e. The summed E-state index contributed by atoms with van der Waals surface area (Å²) >= 11 is 0. The Bertz CT molecular complexity index is 761. The van der Waals surface area contributed by atoms with Crippen LogP contribution in [0.4, 0.5) is 0 Å². The molecule has 1 aliphatic heterocycles. The van der Waals surface area contributed by atoms with Gasteiger partial charge in [0.05, 0.1) is 4.90 Å².